The molecule has 5 heteroatoms. The van der Waals surface area contributed by atoms with Crippen LogP contribution in [-0.4, -0.2) is 44.3 Å². The molecule has 1 aromatic carbocycles. The van der Waals surface area contributed by atoms with Crippen molar-refractivity contribution in [2.24, 2.45) is 0 Å². The van der Waals surface area contributed by atoms with E-state index in [0.717, 1.165) is 48.7 Å². The van der Waals surface area contributed by atoms with Gasteiger partial charge in [0.15, 0.2) is 11.5 Å². The molecule has 2 heterocycles. The highest BCUT2D eigenvalue weighted by molar-refractivity contribution is 9.10. The van der Waals surface area contributed by atoms with E-state index in [1.807, 2.05) is 0 Å². The summed E-state index contributed by atoms with van der Waals surface area (Å²) in [4.78, 5) is 2.56. The molecular formula is C17H25BrN2O2. The van der Waals surface area contributed by atoms with E-state index in [9.17, 15) is 0 Å². The molecule has 0 unspecified atom stereocenters. The highest BCUT2D eigenvalue weighted by atomic mass is 79.9. The van der Waals surface area contributed by atoms with Crippen LogP contribution >= 0.6 is 15.9 Å². The SMILES string of the molecule is Brc1cc(CNCCCN2CCCC2)cc2c1OCCCO2. The van der Waals surface area contributed by atoms with E-state index in [1.54, 1.807) is 0 Å². The quantitative estimate of drug-likeness (QED) is 0.781. The zero-order valence-electron chi connectivity index (χ0n) is 13.1. The van der Waals surface area contributed by atoms with E-state index in [4.69, 9.17) is 9.47 Å². The lowest BCUT2D eigenvalue weighted by atomic mass is 10.2. The summed E-state index contributed by atoms with van der Waals surface area (Å²) in [7, 11) is 0. The normalized spacial score (nSPS) is 18.4. The maximum Gasteiger partial charge on any atom is 0.175 e. The van der Waals surface area contributed by atoms with Gasteiger partial charge in [-0.05, 0) is 79.1 Å². The maximum atomic E-state index is 5.78. The Morgan fingerprint density at radius 3 is 2.77 bits per heavy atom. The molecule has 0 saturated carbocycles. The van der Waals surface area contributed by atoms with Crippen molar-refractivity contribution in [2.45, 2.75) is 32.2 Å². The van der Waals surface area contributed by atoms with Crippen LogP contribution in [0.2, 0.25) is 0 Å². The number of nitrogens with zero attached hydrogens (tertiary/aromatic N) is 1. The molecule has 0 spiro atoms. The van der Waals surface area contributed by atoms with Crippen molar-refractivity contribution in [1.82, 2.24) is 10.2 Å². The van der Waals surface area contributed by atoms with Crippen molar-refractivity contribution >= 4 is 15.9 Å². The standard InChI is InChI=1S/C17H25BrN2O2/c18-15-11-14(12-16-17(15)22-10-4-9-21-16)13-19-5-3-8-20-6-1-2-7-20/h11-12,19H,1-10,13H2. The molecule has 3 rings (SSSR count). The number of benzene rings is 1. The third-order valence-corrected chi connectivity index (χ3v) is 4.81. The molecule has 2 aliphatic heterocycles. The topological polar surface area (TPSA) is 33.7 Å². The lowest BCUT2D eigenvalue weighted by Crippen LogP contribution is -2.24. The third-order valence-electron chi connectivity index (χ3n) is 4.22. The molecule has 2 aliphatic rings. The van der Waals surface area contributed by atoms with Crippen molar-refractivity contribution in [2.75, 3.05) is 39.4 Å². The Balaban J connectivity index is 1.46. The smallest absolute Gasteiger partial charge is 0.175 e. The second-order valence-electron chi connectivity index (χ2n) is 6.03. The molecule has 122 valence electrons. The maximum absolute atomic E-state index is 5.78. The first-order chi connectivity index (χ1) is 10.8. The number of halogens is 1. The van der Waals surface area contributed by atoms with E-state index < -0.39 is 0 Å². The van der Waals surface area contributed by atoms with Gasteiger partial charge in [0.25, 0.3) is 0 Å². The number of likely N-dealkylation sites (tertiary alicyclic amines) is 1. The lowest BCUT2D eigenvalue weighted by Gasteiger charge is -2.15. The minimum atomic E-state index is 0.722. The van der Waals surface area contributed by atoms with Gasteiger partial charge in [0.1, 0.15) is 0 Å². The summed E-state index contributed by atoms with van der Waals surface area (Å²) in [6.07, 6.45) is 4.90. The minimum Gasteiger partial charge on any atom is -0.490 e. The van der Waals surface area contributed by atoms with Crippen molar-refractivity contribution in [1.29, 1.82) is 0 Å². The van der Waals surface area contributed by atoms with Crippen LogP contribution in [0.4, 0.5) is 0 Å². The molecule has 1 fully saturated rings. The van der Waals surface area contributed by atoms with Gasteiger partial charge < -0.3 is 19.7 Å². The second-order valence-corrected chi connectivity index (χ2v) is 6.89. The fraction of sp³-hybridized carbons (Fsp3) is 0.647. The first-order valence-corrected chi connectivity index (χ1v) is 9.13. The molecule has 0 radical (unpaired) electrons. The van der Waals surface area contributed by atoms with Gasteiger partial charge in [0, 0.05) is 13.0 Å². The summed E-state index contributed by atoms with van der Waals surface area (Å²) in [5, 5.41) is 3.53. The van der Waals surface area contributed by atoms with Crippen molar-refractivity contribution in [3.8, 4) is 11.5 Å². The summed E-state index contributed by atoms with van der Waals surface area (Å²) in [5.41, 5.74) is 1.23. The van der Waals surface area contributed by atoms with Gasteiger partial charge in [-0.15, -0.1) is 0 Å². The van der Waals surface area contributed by atoms with Gasteiger partial charge in [-0.3, -0.25) is 0 Å². The highest BCUT2D eigenvalue weighted by Gasteiger charge is 2.15. The van der Waals surface area contributed by atoms with Crippen LogP contribution in [0.25, 0.3) is 0 Å². The van der Waals surface area contributed by atoms with E-state index >= 15 is 0 Å². The van der Waals surface area contributed by atoms with Crippen LogP contribution in [0.1, 0.15) is 31.2 Å². The molecule has 0 amide bonds. The molecule has 4 nitrogen and oxygen atoms in total. The van der Waals surface area contributed by atoms with Gasteiger partial charge in [0.2, 0.25) is 0 Å². The minimum absolute atomic E-state index is 0.722. The van der Waals surface area contributed by atoms with Gasteiger partial charge in [-0.25, -0.2) is 0 Å². The van der Waals surface area contributed by atoms with Gasteiger partial charge in [0.05, 0.1) is 17.7 Å². The Morgan fingerprint density at radius 1 is 1.09 bits per heavy atom. The summed E-state index contributed by atoms with van der Waals surface area (Å²) in [6, 6.07) is 4.22. The molecule has 0 aliphatic carbocycles. The Hall–Kier alpha value is -0.780. The zero-order valence-corrected chi connectivity index (χ0v) is 14.7. The van der Waals surface area contributed by atoms with Crippen LogP contribution in [0.15, 0.2) is 16.6 Å². The molecule has 1 aromatic rings. The summed E-state index contributed by atoms with van der Waals surface area (Å²) >= 11 is 3.60. The molecule has 22 heavy (non-hydrogen) atoms. The molecule has 0 bridgehead atoms. The molecule has 1 N–H and O–H groups in total. The van der Waals surface area contributed by atoms with Crippen LogP contribution in [0, 0.1) is 0 Å². The number of nitrogens with one attached hydrogen (secondary N) is 1. The van der Waals surface area contributed by atoms with E-state index in [1.165, 1.54) is 44.5 Å². The number of rotatable bonds is 6. The molecule has 0 atom stereocenters. The average Bonchev–Trinajstić information content (AvgIpc) is 2.91. The lowest BCUT2D eigenvalue weighted by molar-refractivity contribution is 0.296. The van der Waals surface area contributed by atoms with Gasteiger partial charge in [-0.1, -0.05) is 0 Å². The first-order valence-electron chi connectivity index (χ1n) is 8.34. The largest absolute Gasteiger partial charge is 0.490 e. The predicted molar refractivity (Wildman–Crippen MR) is 91.7 cm³/mol. The summed E-state index contributed by atoms with van der Waals surface area (Å²) in [5.74, 6) is 1.70. The Labute approximate surface area is 141 Å². The molecule has 1 saturated heterocycles. The van der Waals surface area contributed by atoms with E-state index in [-0.39, 0.29) is 0 Å². The number of hydrogen-bond acceptors (Lipinski definition) is 4. The number of hydrogen-bond donors (Lipinski definition) is 1. The van der Waals surface area contributed by atoms with Crippen LogP contribution in [0.5, 0.6) is 11.5 Å². The highest BCUT2D eigenvalue weighted by Crippen LogP contribution is 2.38. The Bertz CT molecular complexity index is 490. The summed E-state index contributed by atoms with van der Waals surface area (Å²) < 4.78 is 12.5. The second kappa shape index (κ2) is 8.18. The third kappa shape index (κ3) is 4.37. The predicted octanol–water partition coefficient (Wildman–Crippen LogP) is 3.19. The van der Waals surface area contributed by atoms with Gasteiger partial charge >= 0.3 is 0 Å². The molecule has 0 aromatic heterocycles. The van der Waals surface area contributed by atoms with Crippen molar-refractivity contribution < 1.29 is 9.47 Å². The number of fused-ring (bicyclic) bond motifs is 1. The summed E-state index contributed by atoms with van der Waals surface area (Å²) in [6.45, 7) is 7.17. The van der Waals surface area contributed by atoms with Crippen LogP contribution < -0.4 is 14.8 Å². The van der Waals surface area contributed by atoms with E-state index in [2.05, 4.69) is 38.3 Å². The molecular weight excluding hydrogens is 344 g/mol. The van der Waals surface area contributed by atoms with Crippen molar-refractivity contribution in [3.05, 3.63) is 22.2 Å². The van der Waals surface area contributed by atoms with Crippen LogP contribution in [0.3, 0.4) is 0 Å². The average molecular weight is 369 g/mol. The van der Waals surface area contributed by atoms with E-state index in [0.29, 0.717) is 0 Å². The Kier molecular flexibility index (Phi) is 5.98. The van der Waals surface area contributed by atoms with Crippen LogP contribution in [-0.2, 0) is 6.54 Å². The Morgan fingerprint density at radius 2 is 1.91 bits per heavy atom. The fourth-order valence-corrected chi connectivity index (χ4v) is 3.66. The monoisotopic (exact) mass is 368 g/mol. The first kappa shape index (κ1) is 16.1. The number of ether oxygens (including phenoxy) is 2. The van der Waals surface area contributed by atoms with Gasteiger partial charge in [-0.2, -0.15) is 0 Å². The van der Waals surface area contributed by atoms with Crippen molar-refractivity contribution in [3.63, 3.8) is 0 Å². The fourth-order valence-electron chi connectivity index (χ4n) is 3.05. The zero-order chi connectivity index (χ0) is 15.2.